The van der Waals surface area contributed by atoms with Crippen LogP contribution in [0.5, 0.6) is 0 Å². The first kappa shape index (κ1) is 17.5. The second-order valence-electron chi connectivity index (χ2n) is 4.99. The molecule has 0 amide bonds. The third-order valence-electron chi connectivity index (χ3n) is 3.89. The molecule has 0 aliphatic heterocycles. The maximum atomic E-state index is 3.99. The summed E-state index contributed by atoms with van der Waals surface area (Å²) in [4.78, 5) is 0. The number of nitrogens with zero attached hydrogens (tertiary/aromatic N) is 2. The summed E-state index contributed by atoms with van der Waals surface area (Å²) in [6.45, 7) is 11.6. The van der Waals surface area contributed by atoms with E-state index in [2.05, 4.69) is 66.8 Å². The molecule has 2 rings (SSSR count). The minimum absolute atomic E-state index is 0. The van der Waals surface area contributed by atoms with Crippen molar-refractivity contribution in [3.8, 4) is 0 Å². The summed E-state index contributed by atoms with van der Waals surface area (Å²) < 4.78 is 4.75. The molecule has 0 saturated carbocycles. The van der Waals surface area contributed by atoms with Gasteiger partial charge in [0, 0.05) is 19.3 Å². The van der Waals surface area contributed by atoms with Crippen molar-refractivity contribution in [1.82, 2.24) is 4.57 Å². The summed E-state index contributed by atoms with van der Waals surface area (Å²) in [5, 5.41) is 0. The number of aromatic nitrogens is 2. The van der Waals surface area contributed by atoms with E-state index in [0.717, 1.165) is 25.8 Å². The number of hydrogen-bond acceptors (Lipinski definition) is 0. The van der Waals surface area contributed by atoms with E-state index in [0.29, 0.717) is 0 Å². The summed E-state index contributed by atoms with van der Waals surface area (Å²) in [5.74, 6) is 1.34. The van der Waals surface area contributed by atoms with E-state index in [-0.39, 0.29) is 12.4 Å². The number of benzene rings is 1. The van der Waals surface area contributed by atoms with E-state index in [1.54, 1.807) is 0 Å². The van der Waals surface area contributed by atoms with E-state index in [1.807, 2.05) is 6.20 Å². The zero-order chi connectivity index (χ0) is 14.5. The van der Waals surface area contributed by atoms with Gasteiger partial charge in [-0.15, -0.1) is 0 Å². The van der Waals surface area contributed by atoms with Gasteiger partial charge in [-0.05, 0) is 5.56 Å². The van der Waals surface area contributed by atoms with Crippen LogP contribution in [0, 0.1) is 0 Å². The molecule has 1 aromatic heterocycles. The predicted octanol–water partition coefficient (Wildman–Crippen LogP) is 0.616. The molecule has 0 radical (unpaired) electrons. The summed E-state index contributed by atoms with van der Waals surface area (Å²) in [7, 11) is 0. The molecule has 0 unspecified atom stereocenters. The highest BCUT2D eigenvalue weighted by Crippen LogP contribution is 2.16. The van der Waals surface area contributed by atoms with Crippen molar-refractivity contribution < 1.29 is 17.0 Å². The Morgan fingerprint density at radius 1 is 1.05 bits per heavy atom. The molecule has 0 fully saturated rings. The maximum Gasteiger partial charge on any atom is 0.261 e. The van der Waals surface area contributed by atoms with Crippen LogP contribution in [0.1, 0.15) is 43.5 Å². The van der Waals surface area contributed by atoms with Gasteiger partial charge in [0.05, 0.1) is 6.20 Å². The Hall–Kier alpha value is -1.54. The van der Waals surface area contributed by atoms with Gasteiger partial charge in [0.1, 0.15) is 12.2 Å². The highest BCUT2D eigenvalue weighted by Gasteiger charge is 2.25. The highest BCUT2D eigenvalue weighted by atomic mass is 35.5. The smallest absolute Gasteiger partial charge is 0.261 e. The zero-order valence-electron chi connectivity index (χ0n) is 13.3. The molecule has 0 aliphatic rings. The summed E-state index contributed by atoms with van der Waals surface area (Å²) >= 11 is 0. The molecule has 1 heterocycles. The van der Waals surface area contributed by atoms with Crippen molar-refractivity contribution >= 4 is 6.20 Å². The van der Waals surface area contributed by atoms with Gasteiger partial charge >= 0.3 is 0 Å². The third-order valence-corrected chi connectivity index (χ3v) is 3.89. The summed E-state index contributed by atoms with van der Waals surface area (Å²) in [6, 6.07) is 10.7. The molecule has 0 N–H and O–H groups in total. The molecule has 0 spiro atoms. The molecule has 3 heteroatoms. The van der Waals surface area contributed by atoms with Crippen LogP contribution < -0.4 is 17.0 Å². The summed E-state index contributed by atoms with van der Waals surface area (Å²) in [6.07, 6.45) is 5.08. The Bertz CT molecular complexity index is 585. The van der Waals surface area contributed by atoms with E-state index in [4.69, 9.17) is 0 Å². The molecule has 0 aliphatic carbocycles. The van der Waals surface area contributed by atoms with Gasteiger partial charge in [-0.2, -0.15) is 0 Å². The molecule has 2 aromatic rings. The number of hydrogen-bond donors (Lipinski definition) is 0. The van der Waals surface area contributed by atoms with Crippen LogP contribution in [0.15, 0.2) is 36.9 Å². The fourth-order valence-corrected chi connectivity index (χ4v) is 3.04. The van der Waals surface area contributed by atoms with Crippen LogP contribution in [-0.2, 0) is 25.8 Å². The van der Waals surface area contributed by atoms with E-state index < -0.39 is 0 Å². The van der Waals surface area contributed by atoms with Gasteiger partial charge in [-0.1, -0.05) is 57.7 Å². The van der Waals surface area contributed by atoms with Crippen LogP contribution in [0.4, 0.5) is 0 Å². The number of rotatable bonds is 6. The fourth-order valence-electron chi connectivity index (χ4n) is 3.04. The second kappa shape index (κ2) is 8.04. The van der Waals surface area contributed by atoms with Gasteiger partial charge in [-0.3, -0.25) is 0 Å². The van der Waals surface area contributed by atoms with Gasteiger partial charge in [0.2, 0.25) is 0 Å². The van der Waals surface area contributed by atoms with Crippen molar-refractivity contribution in [2.45, 2.75) is 46.6 Å². The fraction of sp³-hybridized carbons (Fsp3) is 0.389. The van der Waals surface area contributed by atoms with Crippen LogP contribution in [0.2, 0.25) is 0 Å². The van der Waals surface area contributed by atoms with Gasteiger partial charge < -0.3 is 12.4 Å². The lowest BCUT2D eigenvalue weighted by molar-refractivity contribution is -0.585. The molecular weight excluding hydrogens is 280 g/mol. The van der Waals surface area contributed by atoms with E-state index in [9.17, 15) is 0 Å². The minimum atomic E-state index is 0. The van der Waals surface area contributed by atoms with Gasteiger partial charge in [0.15, 0.2) is 5.69 Å². The lowest BCUT2D eigenvalue weighted by atomic mass is 10.2. The molecule has 114 valence electrons. The Kier molecular flexibility index (Phi) is 6.70. The van der Waals surface area contributed by atoms with Crippen molar-refractivity contribution in [1.29, 1.82) is 0 Å². The lowest BCUT2D eigenvalue weighted by Gasteiger charge is -2.04. The van der Waals surface area contributed by atoms with Gasteiger partial charge in [0.25, 0.3) is 5.82 Å². The van der Waals surface area contributed by atoms with Crippen LogP contribution in [-0.4, -0.2) is 4.57 Å². The Labute approximate surface area is 134 Å². The normalized spacial score (nSPS) is 10.2. The zero-order valence-corrected chi connectivity index (χ0v) is 14.0. The van der Waals surface area contributed by atoms with Crippen molar-refractivity contribution in [3.05, 3.63) is 59.7 Å². The largest absolute Gasteiger partial charge is 1.00 e. The highest BCUT2D eigenvalue weighted by molar-refractivity contribution is 5.21. The average Bonchev–Trinajstić information content (AvgIpc) is 2.79. The van der Waals surface area contributed by atoms with Crippen molar-refractivity contribution in [2.75, 3.05) is 0 Å². The Morgan fingerprint density at radius 2 is 1.71 bits per heavy atom. The standard InChI is InChI=1S/C18H25N2.ClH/c1-5-16-17(6-2)20(18(7-3)19(16)8-4)14-15-12-10-9-11-13-15;/h8-13H,4-7,14H2,1-3H3;1H/q+1;/p-1. The number of halogens is 1. The van der Waals surface area contributed by atoms with Crippen LogP contribution in [0.25, 0.3) is 6.20 Å². The van der Waals surface area contributed by atoms with Crippen molar-refractivity contribution in [2.24, 2.45) is 0 Å². The maximum absolute atomic E-state index is 3.99. The topological polar surface area (TPSA) is 8.81 Å². The Morgan fingerprint density at radius 3 is 2.19 bits per heavy atom. The molecule has 0 saturated heterocycles. The molecule has 1 aromatic carbocycles. The monoisotopic (exact) mass is 304 g/mol. The van der Waals surface area contributed by atoms with E-state index in [1.165, 1.54) is 22.8 Å². The van der Waals surface area contributed by atoms with Crippen LogP contribution in [0.3, 0.4) is 0 Å². The van der Waals surface area contributed by atoms with Crippen LogP contribution >= 0.6 is 0 Å². The predicted molar refractivity (Wildman–Crippen MR) is 84.7 cm³/mol. The lowest BCUT2D eigenvalue weighted by Crippen LogP contribution is -3.00. The molecule has 2 nitrogen and oxygen atoms in total. The second-order valence-corrected chi connectivity index (χ2v) is 4.99. The first-order valence-electron chi connectivity index (χ1n) is 7.57. The van der Waals surface area contributed by atoms with Crippen molar-refractivity contribution in [3.63, 3.8) is 0 Å². The first-order valence-corrected chi connectivity index (χ1v) is 7.57. The first-order chi connectivity index (χ1) is 9.76. The average molecular weight is 305 g/mol. The Balaban J connectivity index is 0.00000220. The third kappa shape index (κ3) is 3.38. The van der Waals surface area contributed by atoms with Gasteiger partial charge in [-0.25, -0.2) is 9.13 Å². The number of imidazole rings is 1. The quantitative estimate of drug-likeness (QED) is 0.692. The molecular formula is C18H25ClN2. The molecule has 0 bridgehead atoms. The minimum Gasteiger partial charge on any atom is -1.00 e. The molecule has 0 atom stereocenters. The molecule has 21 heavy (non-hydrogen) atoms. The van der Waals surface area contributed by atoms with E-state index >= 15 is 0 Å². The summed E-state index contributed by atoms with van der Waals surface area (Å²) in [5.41, 5.74) is 4.19. The SMILES string of the molecule is C=C[n+]1c(CC)c(CC)n(Cc2ccccc2)c1CC.[Cl-].